The number of nitrogens with one attached hydrogen (secondary N) is 4. The maximum Gasteiger partial charge on any atom is 0.407 e. The number of likely N-dealkylation sites (tertiary alicyclic amines) is 2. The third kappa shape index (κ3) is 7.74. The largest absolute Gasteiger partial charge is 0.453 e. The van der Waals surface area contributed by atoms with Crippen LogP contribution in [0.3, 0.4) is 0 Å². The van der Waals surface area contributed by atoms with Crippen molar-refractivity contribution in [3.8, 4) is 23.1 Å². The summed E-state index contributed by atoms with van der Waals surface area (Å²) in [6.07, 6.45) is 5.65. The van der Waals surface area contributed by atoms with Crippen LogP contribution in [0.25, 0.3) is 22.0 Å². The van der Waals surface area contributed by atoms with Gasteiger partial charge in [0.15, 0.2) is 0 Å². The predicted octanol–water partition coefficient (Wildman–Crippen LogP) is 5.44. The van der Waals surface area contributed by atoms with Crippen molar-refractivity contribution < 1.29 is 28.7 Å². The van der Waals surface area contributed by atoms with Crippen molar-refractivity contribution in [2.75, 3.05) is 20.8 Å². The predicted molar refractivity (Wildman–Crippen MR) is 204 cm³/mol. The number of hydrogen-bond acceptors (Lipinski definition) is 8. The van der Waals surface area contributed by atoms with Crippen LogP contribution in [0.1, 0.15) is 88.4 Å². The highest BCUT2D eigenvalue weighted by Gasteiger charge is 2.56. The van der Waals surface area contributed by atoms with Crippen molar-refractivity contribution in [1.29, 1.82) is 0 Å². The zero-order chi connectivity index (χ0) is 39.0. The summed E-state index contributed by atoms with van der Waals surface area (Å²) in [5.41, 5.74) is 3.32. The Morgan fingerprint density at radius 2 is 1.45 bits per heavy atom. The van der Waals surface area contributed by atoms with Gasteiger partial charge < -0.3 is 39.9 Å². The highest BCUT2D eigenvalue weighted by atomic mass is 16.5. The topological polar surface area (TPSA) is 175 Å². The Balaban J connectivity index is 1.03. The molecule has 55 heavy (non-hydrogen) atoms. The molecule has 1 saturated carbocycles. The first-order chi connectivity index (χ1) is 26.4. The van der Waals surface area contributed by atoms with E-state index in [1.165, 1.54) is 14.2 Å². The second-order valence-electron chi connectivity index (χ2n) is 15.4. The lowest BCUT2D eigenvalue weighted by Gasteiger charge is -2.31. The second-order valence-corrected chi connectivity index (χ2v) is 15.4. The molecule has 7 rings (SSSR count). The van der Waals surface area contributed by atoms with Crippen LogP contribution in [-0.2, 0) is 19.1 Å². The number of fused-ring (bicyclic) bond motifs is 2. The highest BCUT2D eigenvalue weighted by molar-refractivity contribution is 5.89. The van der Waals surface area contributed by atoms with Gasteiger partial charge in [-0.1, -0.05) is 51.8 Å². The molecule has 4 N–H and O–H groups in total. The Bertz CT molecular complexity index is 2160. The number of benzene rings is 2. The Hall–Kier alpha value is -5.84. The molecule has 2 aromatic heterocycles. The molecule has 288 valence electrons. The number of nitrogens with zero attached hydrogens (tertiary/aromatic N) is 4. The zero-order valence-corrected chi connectivity index (χ0v) is 32.0. The van der Waals surface area contributed by atoms with E-state index in [4.69, 9.17) is 9.47 Å². The van der Waals surface area contributed by atoms with Gasteiger partial charge in [0.2, 0.25) is 11.8 Å². The fourth-order valence-corrected chi connectivity index (χ4v) is 7.92. The summed E-state index contributed by atoms with van der Waals surface area (Å²) in [5.74, 6) is 7.81. The van der Waals surface area contributed by atoms with Gasteiger partial charge >= 0.3 is 12.2 Å². The highest BCUT2D eigenvalue weighted by Crippen LogP contribution is 2.53. The summed E-state index contributed by atoms with van der Waals surface area (Å²) < 4.78 is 9.53. The van der Waals surface area contributed by atoms with Gasteiger partial charge in [-0.15, -0.1) is 0 Å². The fourth-order valence-electron chi connectivity index (χ4n) is 7.92. The van der Waals surface area contributed by atoms with E-state index in [1.54, 1.807) is 17.3 Å². The molecule has 2 aliphatic heterocycles. The minimum Gasteiger partial charge on any atom is -0.453 e. The van der Waals surface area contributed by atoms with Crippen LogP contribution >= 0.6 is 0 Å². The monoisotopic (exact) mass is 748 g/mol. The first-order valence-corrected chi connectivity index (χ1v) is 18.9. The summed E-state index contributed by atoms with van der Waals surface area (Å²) in [6.45, 7) is 8.20. The molecule has 4 heterocycles. The van der Waals surface area contributed by atoms with Gasteiger partial charge in [-0.2, -0.15) is 0 Å². The van der Waals surface area contributed by atoms with Crippen LogP contribution in [0, 0.1) is 29.6 Å². The van der Waals surface area contributed by atoms with Gasteiger partial charge in [-0.25, -0.2) is 19.6 Å². The summed E-state index contributed by atoms with van der Waals surface area (Å²) in [5, 5.41) is 7.48. The lowest BCUT2D eigenvalue weighted by Crippen LogP contribution is -2.52. The van der Waals surface area contributed by atoms with Gasteiger partial charge in [-0.05, 0) is 78.3 Å². The molecule has 0 spiro atoms. The molecule has 0 bridgehead atoms. The number of piperidine rings is 1. The lowest BCUT2D eigenvalue weighted by molar-refractivity contribution is -0.137. The number of hydrogen-bond donors (Lipinski definition) is 4. The van der Waals surface area contributed by atoms with E-state index >= 15 is 0 Å². The molecule has 3 aliphatic rings. The normalized spacial score (nSPS) is 21.2. The fraction of sp³-hybridized carbons (Fsp3) is 0.463. The lowest BCUT2D eigenvalue weighted by atomic mass is 10.0. The third-order valence-electron chi connectivity index (χ3n) is 11.0. The first-order valence-electron chi connectivity index (χ1n) is 18.9. The van der Waals surface area contributed by atoms with Crippen molar-refractivity contribution in [2.45, 2.75) is 83.6 Å². The van der Waals surface area contributed by atoms with E-state index in [1.807, 2.05) is 56.9 Å². The van der Waals surface area contributed by atoms with E-state index in [0.29, 0.717) is 29.8 Å². The smallest absolute Gasteiger partial charge is 0.407 e. The third-order valence-corrected chi connectivity index (χ3v) is 11.0. The van der Waals surface area contributed by atoms with Crippen LogP contribution in [0.15, 0.2) is 48.8 Å². The molecule has 14 nitrogen and oxygen atoms in total. The number of rotatable bonds is 9. The molecule has 2 aromatic carbocycles. The van der Waals surface area contributed by atoms with Gasteiger partial charge in [0, 0.05) is 23.7 Å². The molecular formula is C41H48N8O6. The average molecular weight is 749 g/mol. The van der Waals surface area contributed by atoms with Crippen LogP contribution in [0.2, 0.25) is 0 Å². The SMILES string of the molecule is COC(=O)N[C@H](C(=O)N1CCCC1c1ncc(-c2ccc3cc(C#Cc4cnc(C5C[C@H]6C[C@H]6N5C(=O)[C@@H](NC(=O)OC)C(C)C)[nH]4)ccc3c2)[nH]1)C(C)C. The van der Waals surface area contributed by atoms with Gasteiger partial charge in [0.05, 0.1) is 44.4 Å². The van der Waals surface area contributed by atoms with Crippen molar-refractivity contribution >= 4 is 34.8 Å². The number of aromatic nitrogens is 4. The van der Waals surface area contributed by atoms with Crippen LogP contribution in [0.5, 0.6) is 0 Å². The van der Waals surface area contributed by atoms with E-state index < -0.39 is 24.3 Å². The van der Waals surface area contributed by atoms with Gasteiger partial charge in [0.1, 0.15) is 29.4 Å². The van der Waals surface area contributed by atoms with Gasteiger partial charge in [0.25, 0.3) is 0 Å². The minimum absolute atomic E-state index is 0.107. The number of alkyl carbamates (subject to hydrolysis) is 2. The molecule has 4 amide bonds. The average Bonchev–Trinajstić information content (AvgIpc) is 3.72. The molecule has 0 radical (unpaired) electrons. The van der Waals surface area contributed by atoms with Crippen molar-refractivity contribution in [1.82, 2.24) is 40.4 Å². The van der Waals surface area contributed by atoms with Crippen molar-refractivity contribution in [3.05, 3.63) is 71.7 Å². The number of aromatic amines is 2. The quantitative estimate of drug-likeness (QED) is 0.164. The summed E-state index contributed by atoms with van der Waals surface area (Å²) in [4.78, 5) is 71.0. The minimum atomic E-state index is -0.693. The Morgan fingerprint density at radius 3 is 2.16 bits per heavy atom. The number of H-pyrrole nitrogens is 2. The Morgan fingerprint density at radius 1 is 0.800 bits per heavy atom. The van der Waals surface area contributed by atoms with Crippen molar-refractivity contribution in [2.24, 2.45) is 17.8 Å². The van der Waals surface area contributed by atoms with Crippen LogP contribution in [0.4, 0.5) is 9.59 Å². The molecule has 3 fully saturated rings. The number of carbonyl (C=O) groups excluding carboxylic acids is 4. The number of amides is 4. The number of ether oxygens (including phenoxy) is 2. The van der Waals surface area contributed by atoms with Crippen molar-refractivity contribution in [3.63, 3.8) is 0 Å². The Labute approximate surface area is 320 Å². The maximum atomic E-state index is 13.7. The van der Waals surface area contributed by atoms with Crippen LogP contribution in [-0.4, -0.2) is 92.6 Å². The van der Waals surface area contributed by atoms with Gasteiger partial charge in [-0.3, -0.25) is 9.59 Å². The molecule has 1 aliphatic carbocycles. The number of methoxy groups -OCH3 is 2. The molecule has 6 atom stereocenters. The zero-order valence-electron chi connectivity index (χ0n) is 32.0. The number of imidazole rings is 2. The van der Waals surface area contributed by atoms with E-state index in [9.17, 15) is 19.2 Å². The Kier molecular flexibility index (Phi) is 10.6. The first kappa shape index (κ1) is 37.5. The van der Waals surface area contributed by atoms with Crippen LogP contribution < -0.4 is 10.6 Å². The molecular weight excluding hydrogens is 701 g/mol. The second kappa shape index (κ2) is 15.5. The molecule has 2 unspecified atom stereocenters. The molecule has 2 saturated heterocycles. The molecule has 14 heteroatoms. The van der Waals surface area contributed by atoms with E-state index in [0.717, 1.165) is 53.3 Å². The summed E-state index contributed by atoms with van der Waals surface area (Å²) in [6, 6.07) is 10.6. The summed E-state index contributed by atoms with van der Waals surface area (Å²) >= 11 is 0. The maximum absolute atomic E-state index is 13.7. The summed E-state index contributed by atoms with van der Waals surface area (Å²) in [7, 11) is 2.58. The van der Waals surface area contributed by atoms with E-state index in [-0.39, 0.29) is 41.8 Å². The number of carbonyl (C=O) groups is 4. The van der Waals surface area contributed by atoms with E-state index in [2.05, 4.69) is 54.5 Å². The molecule has 4 aromatic rings. The standard InChI is InChI=1S/C41H48N8O6/c1-22(2)34(46-40(52)54-5)38(50)48-15-7-8-31(48)36-43-21-30(45-36)27-13-12-25-16-24(9-11-26(25)17-27)10-14-29-20-42-37(44-29)33-19-28-18-32(28)49(33)39(51)35(23(3)4)47-41(53)55-6/h9,11-13,16-17,20-23,28,31-35H,7-8,15,18-19H2,1-6H3,(H,42,44)(H,43,45)(H,46,52)(H,47,53)/t28-,31?,32-,33?,34+,35+/m1/s1.